The van der Waals surface area contributed by atoms with E-state index in [4.69, 9.17) is 18.9 Å². The molecule has 16 heteroatoms. The Bertz CT molecular complexity index is 1550. The maximum atomic E-state index is 12.7. The lowest BCUT2D eigenvalue weighted by Gasteiger charge is -2.16. The van der Waals surface area contributed by atoms with Crippen LogP contribution in [0.4, 0.5) is 0 Å². The van der Waals surface area contributed by atoms with Crippen molar-refractivity contribution in [1.82, 2.24) is 0 Å². The van der Waals surface area contributed by atoms with Gasteiger partial charge in [-0.05, 0) is 68.0 Å². The largest absolute Gasteiger partial charge is 0.504 e. The fourth-order valence-corrected chi connectivity index (χ4v) is 7.18. The van der Waals surface area contributed by atoms with Crippen molar-refractivity contribution in [3.05, 3.63) is 47.5 Å². The third kappa shape index (κ3) is 19.2. The summed E-state index contributed by atoms with van der Waals surface area (Å²) in [5, 5.41) is 36.3. The number of aromatic hydroxyl groups is 4. The normalized spacial score (nSPS) is 12.0. The molecule has 2 aromatic carbocycles. The summed E-state index contributed by atoms with van der Waals surface area (Å²) in [6, 6.07) is 8.98. The lowest BCUT2D eigenvalue weighted by atomic mass is 10.1. The van der Waals surface area contributed by atoms with Gasteiger partial charge in [0.25, 0.3) is 0 Å². The highest BCUT2D eigenvalue weighted by Gasteiger charge is 2.26. The Kier molecular flexibility index (Phi) is 21.8. The van der Waals surface area contributed by atoms with E-state index in [0.29, 0.717) is 25.7 Å². The van der Waals surface area contributed by atoms with Gasteiger partial charge in [0.15, 0.2) is 23.0 Å². The van der Waals surface area contributed by atoms with Crippen molar-refractivity contribution in [3.8, 4) is 23.0 Å². The van der Waals surface area contributed by atoms with Crippen LogP contribution in [0.3, 0.4) is 0 Å². The van der Waals surface area contributed by atoms with Crippen molar-refractivity contribution < 1.29 is 68.1 Å². The van der Waals surface area contributed by atoms with Gasteiger partial charge in [0, 0.05) is 50.7 Å². The van der Waals surface area contributed by atoms with Crippen LogP contribution in [0.15, 0.2) is 36.4 Å². The van der Waals surface area contributed by atoms with E-state index < -0.39 is 28.4 Å². The fourth-order valence-electron chi connectivity index (χ4n) is 4.91. The van der Waals surface area contributed by atoms with Crippen molar-refractivity contribution in [2.75, 3.05) is 45.0 Å². The average molecular weight is 795 g/mol. The van der Waals surface area contributed by atoms with Gasteiger partial charge in [-0.25, -0.2) is 0 Å². The first-order chi connectivity index (χ1) is 25.8. The zero-order chi connectivity index (χ0) is 39.9. The van der Waals surface area contributed by atoms with Crippen LogP contribution < -0.4 is 0 Å². The highest BCUT2D eigenvalue weighted by molar-refractivity contribution is 8.00. The van der Waals surface area contributed by atoms with Crippen LogP contribution in [0.5, 0.6) is 23.0 Å². The van der Waals surface area contributed by atoms with E-state index in [1.54, 1.807) is 12.1 Å². The monoisotopic (exact) mass is 794 g/mol. The summed E-state index contributed by atoms with van der Waals surface area (Å²) in [6.07, 6.45) is 2.57. The van der Waals surface area contributed by atoms with Crippen molar-refractivity contribution in [2.45, 2.75) is 81.6 Å². The number of hydrogen-bond acceptors (Lipinski definition) is 16. The number of esters is 3. The van der Waals surface area contributed by atoms with Gasteiger partial charge in [0.05, 0.1) is 13.0 Å². The molecule has 2 aromatic rings. The van der Waals surface area contributed by atoms with Gasteiger partial charge in [-0.15, -0.1) is 23.5 Å². The number of phenolic OH excluding ortho intramolecular Hbond substituents is 4. The highest BCUT2D eigenvalue weighted by atomic mass is 32.2. The molecular formula is C38H50O14S2. The number of Topliss-reactive ketones (excluding diaryl/α,β-unsaturated/α-hetero) is 3. The van der Waals surface area contributed by atoms with Crippen molar-refractivity contribution in [3.63, 3.8) is 0 Å². The summed E-state index contributed by atoms with van der Waals surface area (Å²) in [4.78, 5) is 74.6. The summed E-state index contributed by atoms with van der Waals surface area (Å²) in [7, 11) is 1.45. The molecule has 0 amide bonds. The van der Waals surface area contributed by atoms with Gasteiger partial charge in [-0.2, -0.15) is 0 Å². The molecule has 0 spiro atoms. The number of rotatable bonds is 28. The second-order valence-corrected chi connectivity index (χ2v) is 14.9. The minimum atomic E-state index is -0.954. The molecule has 0 aliphatic heterocycles. The van der Waals surface area contributed by atoms with E-state index in [-0.39, 0.29) is 117 Å². The molecule has 2 rings (SSSR count). The SMILES string of the molecule is COCCOC(=O)C(CC(=O)OCCOC(=O)C(CC(C)=O)SCCC(=O)CCCc1ccc(O)c(O)c1)SCCC(=O)CCCc1ccc(O)c(O)c1. The molecule has 14 nitrogen and oxygen atoms in total. The molecule has 0 aliphatic carbocycles. The van der Waals surface area contributed by atoms with Crippen LogP contribution in [0.25, 0.3) is 0 Å². The van der Waals surface area contributed by atoms with E-state index in [2.05, 4.69) is 0 Å². The predicted molar refractivity (Wildman–Crippen MR) is 202 cm³/mol. The second-order valence-electron chi connectivity index (χ2n) is 12.3. The molecule has 0 aromatic heterocycles. The molecule has 0 aliphatic rings. The van der Waals surface area contributed by atoms with Crippen LogP contribution in [0.2, 0.25) is 0 Å². The van der Waals surface area contributed by atoms with Crippen LogP contribution in [-0.2, 0) is 60.6 Å². The Labute approximate surface area is 323 Å². The van der Waals surface area contributed by atoms with E-state index in [1.807, 2.05) is 0 Å². The fraction of sp³-hybridized carbons (Fsp3) is 0.526. The molecule has 2 atom stereocenters. The molecule has 298 valence electrons. The van der Waals surface area contributed by atoms with E-state index in [0.717, 1.165) is 34.7 Å². The Morgan fingerprint density at radius 1 is 0.593 bits per heavy atom. The Morgan fingerprint density at radius 3 is 1.48 bits per heavy atom. The number of phenols is 4. The summed E-state index contributed by atoms with van der Waals surface area (Å²) < 4.78 is 20.5. The summed E-state index contributed by atoms with van der Waals surface area (Å²) in [5.41, 5.74) is 1.56. The first-order valence-electron chi connectivity index (χ1n) is 17.5. The minimum absolute atomic E-state index is 0.0239. The quantitative estimate of drug-likeness (QED) is 0.0400. The smallest absolute Gasteiger partial charge is 0.319 e. The van der Waals surface area contributed by atoms with Crippen molar-refractivity contribution in [2.24, 2.45) is 0 Å². The zero-order valence-electron chi connectivity index (χ0n) is 30.6. The lowest BCUT2D eigenvalue weighted by molar-refractivity contribution is -0.154. The highest BCUT2D eigenvalue weighted by Crippen LogP contribution is 2.27. The van der Waals surface area contributed by atoms with Crippen LogP contribution in [0, 0.1) is 0 Å². The molecule has 54 heavy (non-hydrogen) atoms. The molecule has 0 heterocycles. The number of thioether (sulfide) groups is 2. The Hall–Kier alpha value is -4.28. The van der Waals surface area contributed by atoms with Crippen molar-refractivity contribution >= 4 is 58.8 Å². The number of methoxy groups -OCH3 is 1. The number of ketones is 3. The first-order valence-corrected chi connectivity index (χ1v) is 19.6. The molecule has 0 saturated carbocycles. The summed E-state index contributed by atoms with van der Waals surface area (Å²) in [6.45, 7) is 0.882. The first kappa shape index (κ1) is 45.9. The van der Waals surface area contributed by atoms with Crippen molar-refractivity contribution in [1.29, 1.82) is 0 Å². The molecular weight excluding hydrogens is 745 g/mol. The average Bonchev–Trinajstić information content (AvgIpc) is 3.12. The summed E-state index contributed by atoms with van der Waals surface area (Å²) in [5.74, 6) is -2.76. The number of carbonyl (C=O) groups excluding carboxylic acids is 6. The number of benzene rings is 2. The molecule has 0 fully saturated rings. The van der Waals surface area contributed by atoms with Crippen LogP contribution >= 0.6 is 23.5 Å². The Balaban J connectivity index is 1.74. The molecule has 4 N–H and O–H groups in total. The van der Waals surface area contributed by atoms with Gasteiger partial charge >= 0.3 is 17.9 Å². The molecule has 0 saturated heterocycles. The van der Waals surface area contributed by atoms with Crippen LogP contribution in [0.1, 0.15) is 69.4 Å². The van der Waals surface area contributed by atoms with E-state index in [9.17, 15) is 49.2 Å². The van der Waals surface area contributed by atoms with Gasteiger partial charge in [0.1, 0.15) is 47.7 Å². The minimum Gasteiger partial charge on any atom is -0.504 e. The van der Waals surface area contributed by atoms with Gasteiger partial charge in [0.2, 0.25) is 0 Å². The zero-order valence-corrected chi connectivity index (χ0v) is 32.3. The number of aryl methyl sites for hydroxylation is 2. The van der Waals surface area contributed by atoms with Gasteiger partial charge in [-0.1, -0.05) is 12.1 Å². The van der Waals surface area contributed by atoms with E-state index >= 15 is 0 Å². The maximum absolute atomic E-state index is 12.7. The number of hydrogen-bond donors (Lipinski definition) is 4. The molecule has 0 bridgehead atoms. The Morgan fingerprint density at radius 2 is 1.04 bits per heavy atom. The molecule has 2 unspecified atom stereocenters. The molecule has 0 radical (unpaired) electrons. The second kappa shape index (κ2) is 25.7. The third-order valence-corrected chi connectivity index (χ3v) is 10.2. The summed E-state index contributed by atoms with van der Waals surface area (Å²) >= 11 is 2.21. The van der Waals surface area contributed by atoms with Gasteiger partial charge in [-0.3, -0.25) is 28.8 Å². The predicted octanol–water partition coefficient (Wildman–Crippen LogP) is 4.62. The third-order valence-electron chi connectivity index (χ3n) is 7.79. The number of carbonyl (C=O) groups is 6. The van der Waals surface area contributed by atoms with Gasteiger partial charge < -0.3 is 39.4 Å². The maximum Gasteiger partial charge on any atom is 0.319 e. The van der Waals surface area contributed by atoms with Crippen LogP contribution in [-0.4, -0.2) is 111 Å². The van der Waals surface area contributed by atoms with E-state index in [1.165, 1.54) is 38.3 Å². The number of ether oxygens (including phenoxy) is 4. The standard InChI is InChI=1S/C38H50O14S2/c1-25(39)21-34(53-19-13-28(40)7-3-5-26-9-11-30(42)32(44)22-26)37(47)52-18-17-50-36(46)24-35(38(48)51-16-15-49-2)54-20-14-29(41)8-4-6-27-10-12-31(43)33(45)23-27/h9-12,22-23,34-35,42-45H,3-8,13-21,24H2,1-2H3. The lowest BCUT2D eigenvalue weighted by Crippen LogP contribution is -2.28. The topological polar surface area (TPSA) is 220 Å².